The quantitative estimate of drug-likeness (QED) is 0.115. The van der Waals surface area contributed by atoms with Gasteiger partial charge < -0.3 is 39.9 Å². The standard InChI is InChI=1S/C43H51N7O6/c1-24(2)37(47-42(53)55-5)40(51)49-19-7-9-35(49)34-23-30-21-28(15-17-31(30)44-34)26-11-13-27(14-12-26)29-16-18-32-33(22-29)46-39(45-32)36-10-8-20-50(36)41(52)38(25(3)4)48-43(54)56-6/h11-18,21-25,35-38,44H,7-10,19-20H2,1-6H3,(H,45,46)(H,47,53)(H,48,54)/t35-,36+,37+,38+/m1/s1. The Morgan fingerprint density at radius 1 is 0.661 bits per heavy atom. The van der Waals surface area contributed by atoms with E-state index in [0.717, 1.165) is 81.4 Å². The monoisotopic (exact) mass is 761 g/mol. The molecule has 0 bridgehead atoms. The second kappa shape index (κ2) is 16.1. The Bertz CT molecular complexity index is 2090. The van der Waals surface area contributed by atoms with Crippen molar-refractivity contribution in [3.8, 4) is 22.3 Å². The highest BCUT2D eigenvalue weighted by molar-refractivity contribution is 5.89. The van der Waals surface area contributed by atoms with Gasteiger partial charge in [0.15, 0.2) is 0 Å². The minimum atomic E-state index is -0.689. The van der Waals surface area contributed by atoms with Gasteiger partial charge in [-0.25, -0.2) is 14.6 Å². The molecule has 2 fully saturated rings. The molecule has 0 aliphatic carbocycles. The van der Waals surface area contributed by atoms with Gasteiger partial charge in [-0.15, -0.1) is 0 Å². The molecule has 3 aromatic carbocycles. The van der Waals surface area contributed by atoms with Crippen LogP contribution in [0.25, 0.3) is 44.2 Å². The molecule has 4 amide bonds. The second-order valence-corrected chi connectivity index (χ2v) is 15.6. The van der Waals surface area contributed by atoms with Gasteiger partial charge in [0.05, 0.1) is 37.3 Å². The van der Waals surface area contributed by atoms with Crippen LogP contribution >= 0.6 is 0 Å². The fraction of sp³-hybridized carbons (Fsp3) is 0.419. The first-order chi connectivity index (χ1) is 26.9. The third-order valence-electron chi connectivity index (χ3n) is 11.2. The first kappa shape index (κ1) is 38.4. The summed E-state index contributed by atoms with van der Waals surface area (Å²) in [5.41, 5.74) is 7.99. The van der Waals surface area contributed by atoms with E-state index in [4.69, 9.17) is 14.5 Å². The molecule has 56 heavy (non-hydrogen) atoms. The number of fused-ring (bicyclic) bond motifs is 2. The van der Waals surface area contributed by atoms with Crippen LogP contribution in [0.15, 0.2) is 66.7 Å². The molecular formula is C43H51N7O6. The minimum Gasteiger partial charge on any atom is -0.453 e. The summed E-state index contributed by atoms with van der Waals surface area (Å²) < 4.78 is 9.55. The van der Waals surface area contributed by atoms with Gasteiger partial charge in [0, 0.05) is 29.7 Å². The number of amides is 4. The van der Waals surface area contributed by atoms with Crippen molar-refractivity contribution in [2.75, 3.05) is 27.3 Å². The number of ether oxygens (including phenoxy) is 2. The Balaban J connectivity index is 1.06. The van der Waals surface area contributed by atoms with E-state index >= 15 is 0 Å². The zero-order chi connectivity index (χ0) is 39.7. The molecule has 4 heterocycles. The van der Waals surface area contributed by atoms with Crippen LogP contribution in [0, 0.1) is 11.8 Å². The van der Waals surface area contributed by atoms with Crippen LogP contribution in [0.4, 0.5) is 9.59 Å². The summed E-state index contributed by atoms with van der Waals surface area (Å²) in [7, 11) is 2.60. The van der Waals surface area contributed by atoms with Crippen molar-refractivity contribution >= 4 is 45.9 Å². The number of likely N-dealkylation sites (tertiary alicyclic amines) is 2. The molecule has 2 aliphatic rings. The van der Waals surface area contributed by atoms with Crippen molar-refractivity contribution < 1.29 is 28.7 Å². The minimum absolute atomic E-state index is 0.0878. The first-order valence-electron chi connectivity index (χ1n) is 19.5. The Kier molecular flexibility index (Phi) is 11.0. The van der Waals surface area contributed by atoms with E-state index in [1.165, 1.54) is 14.2 Å². The first-order valence-corrected chi connectivity index (χ1v) is 19.5. The Morgan fingerprint density at radius 3 is 1.75 bits per heavy atom. The zero-order valence-corrected chi connectivity index (χ0v) is 32.8. The predicted molar refractivity (Wildman–Crippen MR) is 215 cm³/mol. The number of hydrogen-bond acceptors (Lipinski definition) is 7. The molecule has 0 saturated carbocycles. The Labute approximate surface area is 326 Å². The van der Waals surface area contributed by atoms with Gasteiger partial charge in [0.1, 0.15) is 17.9 Å². The lowest BCUT2D eigenvalue weighted by Crippen LogP contribution is -2.51. The van der Waals surface area contributed by atoms with Crippen LogP contribution in [-0.2, 0) is 19.1 Å². The van der Waals surface area contributed by atoms with Crippen LogP contribution < -0.4 is 10.6 Å². The van der Waals surface area contributed by atoms with Gasteiger partial charge in [-0.05, 0) is 90.1 Å². The van der Waals surface area contributed by atoms with Crippen LogP contribution in [-0.4, -0.2) is 88.1 Å². The lowest BCUT2D eigenvalue weighted by molar-refractivity contribution is -0.136. The molecule has 7 rings (SSSR count). The molecule has 0 unspecified atom stereocenters. The third kappa shape index (κ3) is 7.67. The maximum Gasteiger partial charge on any atom is 0.407 e. The third-order valence-corrected chi connectivity index (χ3v) is 11.2. The SMILES string of the molecule is COC(=O)N[C@H](C(=O)N1CCC[C@@H]1c1cc2cc(-c3ccc(-c4ccc5nc([C@@H]6CCCN6C(=O)[C@@H](NC(=O)OC)C(C)C)[nH]c5c4)cc3)ccc2[nH]1)C(C)C. The van der Waals surface area contributed by atoms with Gasteiger partial charge in [-0.2, -0.15) is 0 Å². The second-order valence-electron chi connectivity index (χ2n) is 15.6. The van der Waals surface area contributed by atoms with E-state index in [9.17, 15) is 19.2 Å². The Morgan fingerprint density at radius 2 is 1.18 bits per heavy atom. The lowest BCUT2D eigenvalue weighted by atomic mass is 9.99. The normalized spacial score (nSPS) is 18.1. The van der Waals surface area contributed by atoms with Crippen molar-refractivity contribution in [3.63, 3.8) is 0 Å². The zero-order valence-electron chi connectivity index (χ0n) is 32.8. The van der Waals surface area contributed by atoms with Crippen molar-refractivity contribution in [2.24, 2.45) is 11.8 Å². The van der Waals surface area contributed by atoms with Gasteiger partial charge >= 0.3 is 12.2 Å². The van der Waals surface area contributed by atoms with E-state index in [1.807, 2.05) is 43.6 Å². The van der Waals surface area contributed by atoms with E-state index in [0.29, 0.717) is 13.1 Å². The Hall–Kier alpha value is -5.85. The number of methoxy groups -OCH3 is 2. The largest absolute Gasteiger partial charge is 0.453 e. The number of hydrogen-bond donors (Lipinski definition) is 4. The molecule has 294 valence electrons. The van der Waals surface area contributed by atoms with E-state index < -0.39 is 24.3 Å². The number of benzene rings is 3. The van der Waals surface area contributed by atoms with Crippen molar-refractivity contribution in [1.82, 2.24) is 35.4 Å². The predicted octanol–water partition coefficient (Wildman–Crippen LogP) is 7.47. The van der Waals surface area contributed by atoms with E-state index in [2.05, 4.69) is 81.3 Å². The number of nitrogens with zero attached hydrogens (tertiary/aromatic N) is 3. The smallest absolute Gasteiger partial charge is 0.407 e. The van der Waals surface area contributed by atoms with Gasteiger partial charge in [0.25, 0.3) is 0 Å². The number of alkyl carbamates (subject to hydrolysis) is 2. The molecule has 4 N–H and O–H groups in total. The van der Waals surface area contributed by atoms with Crippen LogP contribution in [0.1, 0.15) is 77.0 Å². The summed E-state index contributed by atoms with van der Waals surface area (Å²) in [5.74, 6) is 0.313. The van der Waals surface area contributed by atoms with Gasteiger partial charge in [-0.1, -0.05) is 64.1 Å². The molecule has 0 spiro atoms. The summed E-state index contributed by atoms with van der Waals surface area (Å²) >= 11 is 0. The van der Waals surface area contributed by atoms with Gasteiger partial charge in [-0.3, -0.25) is 9.59 Å². The molecular weight excluding hydrogens is 711 g/mol. The van der Waals surface area contributed by atoms with Crippen LogP contribution in [0.2, 0.25) is 0 Å². The van der Waals surface area contributed by atoms with Crippen LogP contribution in [0.5, 0.6) is 0 Å². The maximum absolute atomic E-state index is 13.6. The molecule has 0 radical (unpaired) electrons. The van der Waals surface area contributed by atoms with Crippen molar-refractivity contribution in [2.45, 2.75) is 77.5 Å². The lowest BCUT2D eigenvalue weighted by Gasteiger charge is -2.30. The number of rotatable bonds is 10. The number of carbonyl (C=O) groups is 4. The summed E-state index contributed by atoms with van der Waals surface area (Å²) in [6.45, 7) is 8.88. The number of aromatic amines is 2. The van der Waals surface area contributed by atoms with E-state index in [1.54, 1.807) is 0 Å². The highest BCUT2D eigenvalue weighted by Gasteiger charge is 2.38. The summed E-state index contributed by atoms with van der Waals surface area (Å²) in [6.07, 6.45) is 2.13. The molecule has 4 atom stereocenters. The number of nitrogens with one attached hydrogen (secondary N) is 4. The molecule has 5 aromatic rings. The molecule has 13 heteroatoms. The fourth-order valence-corrected chi connectivity index (χ4v) is 8.16. The molecule has 2 saturated heterocycles. The topological polar surface area (TPSA) is 162 Å². The van der Waals surface area contributed by atoms with E-state index in [-0.39, 0.29) is 35.7 Å². The summed E-state index contributed by atoms with van der Waals surface area (Å²) in [6, 6.07) is 21.5. The average molecular weight is 762 g/mol. The number of H-pyrrole nitrogens is 2. The maximum atomic E-state index is 13.6. The number of carbonyl (C=O) groups excluding carboxylic acids is 4. The number of aromatic nitrogens is 3. The molecule has 13 nitrogen and oxygen atoms in total. The molecule has 2 aliphatic heterocycles. The summed E-state index contributed by atoms with van der Waals surface area (Å²) in [4.78, 5) is 66.9. The van der Waals surface area contributed by atoms with Crippen molar-refractivity contribution in [3.05, 3.63) is 78.2 Å². The highest BCUT2D eigenvalue weighted by atomic mass is 16.5. The fourth-order valence-electron chi connectivity index (χ4n) is 8.16. The van der Waals surface area contributed by atoms with Gasteiger partial charge in [0.2, 0.25) is 11.8 Å². The summed E-state index contributed by atoms with van der Waals surface area (Å²) in [5, 5.41) is 6.50. The van der Waals surface area contributed by atoms with Crippen LogP contribution in [0.3, 0.4) is 0 Å². The highest BCUT2D eigenvalue weighted by Crippen LogP contribution is 2.37. The molecule has 2 aromatic heterocycles. The van der Waals surface area contributed by atoms with Crippen molar-refractivity contribution in [1.29, 1.82) is 0 Å². The number of imidazole rings is 1. The average Bonchev–Trinajstić information content (AvgIpc) is 4.03.